The van der Waals surface area contributed by atoms with Crippen LogP contribution in [-0.4, -0.2) is 15.4 Å². The zero-order valence-electron chi connectivity index (χ0n) is 7.40. The zero-order valence-corrected chi connectivity index (χ0v) is 8.22. The first-order valence-corrected chi connectivity index (χ1v) is 4.46. The molecule has 74 valence electrons. The van der Waals surface area contributed by atoms with E-state index in [1.807, 2.05) is 0 Å². The number of aromatic nitrogens is 2. The predicted octanol–water partition coefficient (Wildman–Crippen LogP) is 0.951. The Kier molecular flexibility index (Phi) is 2.29. The Morgan fingerprint density at radius 2 is 1.93 bits per heavy atom. The Hall–Kier alpha value is -2.04. The lowest BCUT2D eigenvalue weighted by atomic mass is 10.1. The van der Waals surface area contributed by atoms with E-state index in [-0.39, 0.29) is 16.3 Å². The highest BCUT2D eigenvalue weighted by molar-refractivity contribution is 7.78. The number of hydrogen-bond acceptors (Lipinski definition) is 4. The van der Waals surface area contributed by atoms with E-state index in [1.54, 1.807) is 18.2 Å². The molecule has 0 aliphatic carbocycles. The molecule has 5 nitrogen and oxygen atoms in total. The van der Waals surface area contributed by atoms with Gasteiger partial charge in [0.2, 0.25) is 0 Å². The third-order valence-electron chi connectivity index (χ3n) is 1.97. The van der Waals surface area contributed by atoms with Crippen LogP contribution in [0.25, 0.3) is 10.8 Å². The Bertz CT molecular complexity index is 680. The van der Waals surface area contributed by atoms with Gasteiger partial charge in [0.25, 0.3) is 11.1 Å². The van der Waals surface area contributed by atoms with Crippen molar-refractivity contribution in [3.05, 3.63) is 38.9 Å². The molecule has 0 saturated carbocycles. The number of nitrogens with zero attached hydrogens (tertiary/aromatic N) is 1. The van der Waals surface area contributed by atoms with Crippen molar-refractivity contribution in [3.63, 3.8) is 0 Å². The summed E-state index contributed by atoms with van der Waals surface area (Å²) in [5.74, 6) is 0. The summed E-state index contributed by atoms with van der Waals surface area (Å²) in [6.07, 6.45) is 0. The minimum Gasteiger partial charge on any atom is -0.267 e. The molecular formula is C9H5N3O2S. The number of aromatic amines is 2. The highest BCUT2D eigenvalue weighted by atomic mass is 32.1. The topological polar surface area (TPSA) is 78.1 Å². The second-order valence-corrected chi connectivity index (χ2v) is 2.99. The fraction of sp³-hybridized carbons (Fsp3) is 0. The lowest BCUT2D eigenvalue weighted by molar-refractivity contribution is 0.976. The molecule has 0 spiro atoms. The van der Waals surface area contributed by atoms with E-state index >= 15 is 0 Å². The summed E-state index contributed by atoms with van der Waals surface area (Å²) in [4.78, 5) is 26.6. The SMILES string of the molecule is O=c1[nH][nH]c(=O)c2c(N=C=S)cccc12. The monoisotopic (exact) mass is 219 g/mol. The van der Waals surface area contributed by atoms with Crippen LogP contribution in [0.4, 0.5) is 5.69 Å². The van der Waals surface area contributed by atoms with E-state index in [2.05, 4.69) is 32.6 Å². The van der Waals surface area contributed by atoms with Crippen molar-refractivity contribution in [1.29, 1.82) is 0 Å². The van der Waals surface area contributed by atoms with Crippen molar-refractivity contribution in [2.45, 2.75) is 0 Å². The molecule has 15 heavy (non-hydrogen) atoms. The normalized spacial score (nSPS) is 9.87. The lowest BCUT2D eigenvalue weighted by Crippen LogP contribution is -2.18. The quantitative estimate of drug-likeness (QED) is 0.553. The van der Waals surface area contributed by atoms with Crippen molar-refractivity contribution in [2.24, 2.45) is 4.99 Å². The third-order valence-corrected chi connectivity index (χ3v) is 2.06. The minimum atomic E-state index is -0.408. The highest BCUT2D eigenvalue weighted by Crippen LogP contribution is 2.18. The van der Waals surface area contributed by atoms with Crippen molar-refractivity contribution < 1.29 is 0 Å². The van der Waals surface area contributed by atoms with E-state index in [9.17, 15) is 9.59 Å². The van der Waals surface area contributed by atoms with Crippen molar-refractivity contribution in [2.75, 3.05) is 0 Å². The molecule has 0 bridgehead atoms. The average Bonchev–Trinajstić information content (AvgIpc) is 2.24. The molecule has 1 aromatic heterocycles. The summed E-state index contributed by atoms with van der Waals surface area (Å²) < 4.78 is 0. The van der Waals surface area contributed by atoms with Crippen LogP contribution in [0.2, 0.25) is 0 Å². The molecule has 0 radical (unpaired) electrons. The van der Waals surface area contributed by atoms with E-state index < -0.39 is 5.56 Å². The van der Waals surface area contributed by atoms with E-state index in [1.165, 1.54) is 0 Å². The fourth-order valence-electron chi connectivity index (χ4n) is 1.35. The number of rotatable bonds is 1. The average molecular weight is 219 g/mol. The first-order valence-electron chi connectivity index (χ1n) is 4.05. The number of benzene rings is 1. The number of H-pyrrole nitrogens is 2. The summed E-state index contributed by atoms with van der Waals surface area (Å²) in [6, 6.07) is 4.77. The smallest absolute Gasteiger partial charge is 0.267 e. The molecule has 0 aliphatic heterocycles. The van der Waals surface area contributed by atoms with Crippen molar-refractivity contribution in [3.8, 4) is 0 Å². The molecule has 0 atom stereocenters. The van der Waals surface area contributed by atoms with Gasteiger partial charge in [-0.25, -0.2) is 0 Å². The van der Waals surface area contributed by atoms with Gasteiger partial charge in [-0.3, -0.25) is 19.8 Å². The minimum absolute atomic E-state index is 0.221. The molecule has 0 saturated heterocycles. The number of fused-ring (bicyclic) bond motifs is 1. The van der Waals surface area contributed by atoms with Gasteiger partial charge in [-0.15, -0.1) is 0 Å². The second-order valence-electron chi connectivity index (χ2n) is 2.81. The van der Waals surface area contributed by atoms with E-state index in [0.717, 1.165) is 0 Å². The fourth-order valence-corrected chi connectivity index (χ4v) is 1.45. The third kappa shape index (κ3) is 1.52. The first kappa shape index (κ1) is 9.51. The standard InChI is InChI=1S/C9H5N3O2S/c13-8-5-2-1-3-6(10-4-15)7(5)9(14)12-11-8/h1-3H,(H,11,13)(H,12,14). The molecule has 2 aromatic rings. The summed E-state index contributed by atoms with van der Waals surface area (Å²) in [5.41, 5.74) is -0.435. The van der Waals surface area contributed by atoms with Gasteiger partial charge in [-0.2, -0.15) is 4.99 Å². The number of isothiocyanates is 1. The van der Waals surface area contributed by atoms with Gasteiger partial charge in [0, 0.05) is 0 Å². The number of aliphatic imine (C=N–C) groups is 1. The molecular weight excluding hydrogens is 214 g/mol. The van der Waals surface area contributed by atoms with Gasteiger partial charge in [0.15, 0.2) is 0 Å². The molecule has 6 heteroatoms. The number of thiocarbonyl (C=S) groups is 1. The van der Waals surface area contributed by atoms with Gasteiger partial charge in [-0.05, 0) is 24.4 Å². The number of nitrogens with one attached hydrogen (secondary N) is 2. The largest absolute Gasteiger partial charge is 0.272 e. The van der Waals surface area contributed by atoms with Crippen LogP contribution < -0.4 is 11.1 Å². The van der Waals surface area contributed by atoms with E-state index in [0.29, 0.717) is 5.69 Å². The van der Waals surface area contributed by atoms with Crippen LogP contribution in [0, 0.1) is 0 Å². The number of hydrogen-bond donors (Lipinski definition) is 2. The Morgan fingerprint density at radius 3 is 2.67 bits per heavy atom. The van der Waals surface area contributed by atoms with Crippen molar-refractivity contribution in [1.82, 2.24) is 10.2 Å². The van der Waals surface area contributed by atoms with Crippen LogP contribution in [0.1, 0.15) is 0 Å². The van der Waals surface area contributed by atoms with Crippen LogP contribution >= 0.6 is 12.2 Å². The van der Waals surface area contributed by atoms with Crippen LogP contribution in [0.15, 0.2) is 32.8 Å². The van der Waals surface area contributed by atoms with Gasteiger partial charge in [0.1, 0.15) is 0 Å². The Morgan fingerprint density at radius 1 is 1.20 bits per heavy atom. The molecule has 0 fully saturated rings. The molecule has 2 rings (SSSR count). The Labute approximate surface area is 88.5 Å². The highest BCUT2D eigenvalue weighted by Gasteiger charge is 2.06. The zero-order chi connectivity index (χ0) is 10.8. The van der Waals surface area contributed by atoms with Crippen LogP contribution in [-0.2, 0) is 0 Å². The second kappa shape index (κ2) is 3.61. The summed E-state index contributed by atoms with van der Waals surface area (Å²) >= 11 is 4.46. The predicted molar refractivity (Wildman–Crippen MR) is 59.9 cm³/mol. The maximum absolute atomic E-state index is 11.5. The molecule has 1 heterocycles. The van der Waals surface area contributed by atoms with E-state index in [4.69, 9.17) is 0 Å². The maximum Gasteiger partial charge on any atom is 0.272 e. The molecule has 0 aliphatic rings. The van der Waals surface area contributed by atoms with Gasteiger partial charge < -0.3 is 0 Å². The molecule has 2 N–H and O–H groups in total. The lowest BCUT2D eigenvalue weighted by Gasteiger charge is -1.97. The first-order chi connectivity index (χ1) is 7.24. The summed E-state index contributed by atoms with van der Waals surface area (Å²) in [6.45, 7) is 0. The Balaban J connectivity index is 3.10. The van der Waals surface area contributed by atoms with Gasteiger partial charge >= 0.3 is 0 Å². The van der Waals surface area contributed by atoms with Crippen molar-refractivity contribution >= 4 is 33.8 Å². The van der Waals surface area contributed by atoms with Gasteiger partial charge in [0.05, 0.1) is 21.6 Å². The molecule has 0 unspecified atom stereocenters. The maximum atomic E-state index is 11.5. The van der Waals surface area contributed by atoms with Crippen LogP contribution in [0.5, 0.6) is 0 Å². The molecule has 1 aromatic carbocycles. The summed E-state index contributed by atoms with van der Waals surface area (Å²) in [7, 11) is 0. The summed E-state index contributed by atoms with van der Waals surface area (Å²) in [5, 5.41) is 7.13. The van der Waals surface area contributed by atoms with Gasteiger partial charge in [-0.1, -0.05) is 6.07 Å². The van der Waals surface area contributed by atoms with Crippen LogP contribution in [0.3, 0.4) is 0 Å². The molecule has 0 amide bonds.